The summed E-state index contributed by atoms with van der Waals surface area (Å²) in [6.07, 6.45) is 4.29. The first-order valence-electron chi connectivity index (χ1n) is 7.76. The van der Waals surface area contributed by atoms with E-state index >= 15 is 0 Å². The fourth-order valence-corrected chi connectivity index (χ4v) is 2.68. The maximum absolute atomic E-state index is 14.1. The normalized spacial score (nSPS) is 13.4. The van der Waals surface area contributed by atoms with Crippen LogP contribution in [0.5, 0.6) is 0 Å². The smallest absolute Gasteiger partial charge is 0.145 e. The van der Waals surface area contributed by atoms with Crippen LogP contribution in [0.3, 0.4) is 0 Å². The number of carbonyl (C=O) groups excluding carboxylic acids is 1. The van der Waals surface area contributed by atoms with Gasteiger partial charge in [0, 0.05) is 11.4 Å². The molecule has 1 aliphatic heterocycles. The molecule has 0 bridgehead atoms. The molecular formula is C21H15FN2O. The molecular weight excluding hydrogens is 315 g/mol. The van der Waals surface area contributed by atoms with Gasteiger partial charge in [0.05, 0.1) is 10.9 Å². The van der Waals surface area contributed by atoms with Gasteiger partial charge in [0.25, 0.3) is 0 Å². The van der Waals surface area contributed by atoms with Crippen molar-refractivity contribution in [2.75, 3.05) is 0 Å². The number of fused-ring (bicyclic) bond motifs is 1. The minimum atomic E-state index is -0.577. The summed E-state index contributed by atoms with van der Waals surface area (Å²) in [5.74, 6) is -0.577. The van der Waals surface area contributed by atoms with E-state index in [1.54, 1.807) is 25.3 Å². The number of hydrogen-bond acceptors (Lipinski definition) is 3. The summed E-state index contributed by atoms with van der Waals surface area (Å²) >= 11 is 0. The number of carbonyl (C=O) groups is 1. The molecule has 4 heteroatoms. The Morgan fingerprint density at radius 3 is 2.48 bits per heavy atom. The number of allylic oxidation sites excluding steroid dienone is 4. The Kier molecular flexibility index (Phi) is 4.40. The first kappa shape index (κ1) is 16.5. The predicted octanol–water partition coefficient (Wildman–Crippen LogP) is 3.14. The van der Waals surface area contributed by atoms with Crippen LogP contribution in [0.4, 0.5) is 4.39 Å². The third kappa shape index (κ3) is 3.17. The Bertz CT molecular complexity index is 1100. The molecule has 0 N–H and O–H groups in total. The van der Waals surface area contributed by atoms with Crippen LogP contribution in [0.1, 0.15) is 30.5 Å². The molecule has 0 aromatic heterocycles. The summed E-state index contributed by atoms with van der Waals surface area (Å²) in [6.45, 7) is 3.63. The van der Waals surface area contributed by atoms with Crippen LogP contribution in [-0.4, -0.2) is 6.29 Å². The maximum Gasteiger partial charge on any atom is 0.145 e. The van der Waals surface area contributed by atoms with Crippen LogP contribution < -0.4 is 10.6 Å². The fraction of sp³-hybridized carbons (Fsp3) is 0.0952. The fourth-order valence-electron chi connectivity index (χ4n) is 2.68. The highest BCUT2D eigenvalue weighted by atomic mass is 19.1. The number of nitrogens with zero attached hydrogens (tertiary/aromatic N) is 2. The molecule has 2 aromatic carbocycles. The van der Waals surface area contributed by atoms with Crippen LogP contribution >= 0.6 is 0 Å². The third-order valence-corrected chi connectivity index (χ3v) is 4.17. The van der Waals surface area contributed by atoms with Gasteiger partial charge in [-0.05, 0) is 72.0 Å². The minimum absolute atomic E-state index is 0.00547. The van der Waals surface area contributed by atoms with Gasteiger partial charge in [-0.1, -0.05) is 12.1 Å². The molecule has 0 radical (unpaired) electrons. The van der Waals surface area contributed by atoms with E-state index in [-0.39, 0.29) is 5.56 Å². The van der Waals surface area contributed by atoms with Crippen molar-refractivity contribution < 1.29 is 9.18 Å². The monoisotopic (exact) mass is 330 g/mol. The van der Waals surface area contributed by atoms with Crippen molar-refractivity contribution in [3.8, 4) is 6.07 Å². The number of rotatable bonds is 4. The topological polar surface area (TPSA) is 53.2 Å². The van der Waals surface area contributed by atoms with Crippen molar-refractivity contribution in [2.24, 2.45) is 4.99 Å². The highest BCUT2D eigenvalue weighted by Crippen LogP contribution is 2.28. The summed E-state index contributed by atoms with van der Waals surface area (Å²) in [7, 11) is 0. The van der Waals surface area contributed by atoms with Crippen molar-refractivity contribution in [1.82, 2.24) is 0 Å². The number of hydrogen-bond donors (Lipinski definition) is 0. The lowest BCUT2D eigenvalue weighted by Gasteiger charge is -2.12. The summed E-state index contributed by atoms with van der Waals surface area (Å²) < 4.78 is 14.1. The first-order chi connectivity index (χ1) is 12.0. The summed E-state index contributed by atoms with van der Waals surface area (Å²) in [6, 6.07) is 12.2. The molecule has 3 nitrogen and oxygen atoms in total. The molecule has 0 fully saturated rings. The average molecular weight is 330 g/mol. The van der Waals surface area contributed by atoms with Crippen molar-refractivity contribution in [1.29, 1.82) is 5.26 Å². The largest absolute Gasteiger partial charge is 0.298 e. The number of halogens is 1. The van der Waals surface area contributed by atoms with Gasteiger partial charge in [0.15, 0.2) is 0 Å². The molecule has 3 rings (SSSR count). The van der Waals surface area contributed by atoms with Crippen LogP contribution in [-0.2, 0) is 4.79 Å². The van der Waals surface area contributed by atoms with Crippen LogP contribution in [0, 0.1) is 17.1 Å². The van der Waals surface area contributed by atoms with E-state index in [0.717, 1.165) is 33.6 Å². The van der Waals surface area contributed by atoms with E-state index in [0.29, 0.717) is 11.1 Å². The third-order valence-electron chi connectivity index (χ3n) is 4.17. The zero-order valence-corrected chi connectivity index (χ0v) is 13.9. The highest BCUT2D eigenvalue weighted by molar-refractivity contribution is 5.97. The Morgan fingerprint density at radius 1 is 1.16 bits per heavy atom. The second kappa shape index (κ2) is 6.66. The second-order valence-corrected chi connectivity index (χ2v) is 5.88. The molecule has 0 atom stereocenters. The summed E-state index contributed by atoms with van der Waals surface area (Å²) in [5, 5.41) is 10.9. The van der Waals surface area contributed by atoms with Gasteiger partial charge in [-0.3, -0.25) is 9.79 Å². The van der Waals surface area contributed by atoms with Gasteiger partial charge in [-0.25, -0.2) is 4.39 Å². The molecule has 0 spiro atoms. The predicted molar refractivity (Wildman–Crippen MR) is 95.1 cm³/mol. The molecule has 0 saturated carbocycles. The van der Waals surface area contributed by atoms with Crippen LogP contribution in [0.15, 0.2) is 53.0 Å². The van der Waals surface area contributed by atoms with E-state index < -0.39 is 5.82 Å². The number of nitriles is 1. The standard InChI is InChI=1S/C21H15FN2O/c1-13(12-25)7-19(16-3-4-17(10-23)20(22)9-16)14(2)15-5-6-21-18(8-15)11-24-21/h3-9,11-12H,1-2H3/b13-7+,19-14-. The van der Waals surface area contributed by atoms with E-state index in [1.165, 1.54) is 12.1 Å². The minimum Gasteiger partial charge on any atom is -0.298 e. The zero-order chi connectivity index (χ0) is 18.0. The summed E-state index contributed by atoms with van der Waals surface area (Å²) in [5.41, 5.74) is 3.77. The van der Waals surface area contributed by atoms with Crippen molar-refractivity contribution >= 4 is 23.6 Å². The van der Waals surface area contributed by atoms with Gasteiger partial charge < -0.3 is 0 Å². The SMILES string of the molecule is C/C(=C(\C=C(/C)C=O)c1ccc(C#N)c(F)c1)c1ccc2c(c1)=CN=2. The zero-order valence-electron chi connectivity index (χ0n) is 13.9. The molecule has 0 unspecified atom stereocenters. The Morgan fingerprint density at radius 2 is 1.92 bits per heavy atom. The lowest BCUT2D eigenvalue weighted by atomic mass is 9.93. The first-order valence-corrected chi connectivity index (χ1v) is 7.76. The van der Waals surface area contributed by atoms with Gasteiger partial charge in [-0.2, -0.15) is 5.26 Å². The van der Waals surface area contributed by atoms with Crippen LogP contribution in [0.25, 0.3) is 17.3 Å². The number of benzene rings is 2. The van der Waals surface area contributed by atoms with Gasteiger partial charge in [0.1, 0.15) is 18.2 Å². The molecule has 122 valence electrons. The number of aldehydes is 1. The Labute approximate surface area is 144 Å². The molecule has 0 aliphatic carbocycles. The van der Waals surface area contributed by atoms with E-state index in [9.17, 15) is 9.18 Å². The van der Waals surface area contributed by atoms with Crippen molar-refractivity contribution in [3.05, 3.63) is 81.1 Å². The molecule has 25 heavy (non-hydrogen) atoms. The molecule has 0 saturated heterocycles. The highest BCUT2D eigenvalue weighted by Gasteiger charge is 2.11. The lowest BCUT2D eigenvalue weighted by molar-refractivity contribution is -0.104. The van der Waals surface area contributed by atoms with Crippen LogP contribution in [0.2, 0.25) is 0 Å². The van der Waals surface area contributed by atoms with Crippen molar-refractivity contribution in [2.45, 2.75) is 13.8 Å². The van der Waals surface area contributed by atoms with Gasteiger partial charge >= 0.3 is 0 Å². The molecule has 1 aliphatic rings. The lowest BCUT2D eigenvalue weighted by Crippen LogP contribution is -2.30. The molecule has 0 amide bonds. The quantitative estimate of drug-likeness (QED) is 0.374. The Hall–Kier alpha value is -3.32. The van der Waals surface area contributed by atoms with E-state index in [1.807, 2.05) is 31.2 Å². The van der Waals surface area contributed by atoms with Crippen molar-refractivity contribution in [3.63, 3.8) is 0 Å². The second-order valence-electron chi connectivity index (χ2n) is 5.88. The Balaban J connectivity index is 2.21. The summed E-state index contributed by atoms with van der Waals surface area (Å²) in [4.78, 5) is 15.2. The van der Waals surface area contributed by atoms with Gasteiger partial charge in [-0.15, -0.1) is 0 Å². The molecule has 1 heterocycles. The van der Waals surface area contributed by atoms with E-state index in [4.69, 9.17) is 5.26 Å². The molecule has 2 aromatic rings. The maximum atomic E-state index is 14.1. The van der Waals surface area contributed by atoms with E-state index in [2.05, 4.69) is 4.99 Å². The average Bonchev–Trinajstić information content (AvgIpc) is 2.60. The van der Waals surface area contributed by atoms with Gasteiger partial charge in [0.2, 0.25) is 0 Å².